The number of fused-ring (bicyclic) bond motifs is 1. The zero-order valence-corrected chi connectivity index (χ0v) is 8.36. The largest absolute Gasteiger partial charge is 0.507 e. The number of amides is 1. The Labute approximate surface area is 90.5 Å². The van der Waals surface area contributed by atoms with Gasteiger partial charge in [0, 0.05) is 17.0 Å². The molecular weight excluding hydrogens is 208 g/mol. The predicted octanol–water partition coefficient (Wildman–Crippen LogP) is 0.261. The Hall–Kier alpha value is -2.30. The maximum Gasteiger partial charge on any atom is 0.248 e. The summed E-state index contributed by atoms with van der Waals surface area (Å²) in [5.74, 6) is -0.536. The van der Waals surface area contributed by atoms with E-state index in [0.717, 1.165) is 0 Å². The second-order valence-corrected chi connectivity index (χ2v) is 3.50. The average molecular weight is 218 g/mol. The van der Waals surface area contributed by atoms with E-state index >= 15 is 0 Å². The van der Waals surface area contributed by atoms with E-state index in [1.165, 1.54) is 12.1 Å². The third-order valence-electron chi connectivity index (χ3n) is 2.32. The van der Waals surface area contributed by atoms with Crippen molar-refractivity contribution in [3.05, 3.63) is 40.2 Å². The van der Waals surface area contributed by atoms with E-state index in [1.54, 1.807) is 12.1 Å². The van der Waals surface area contributed by atoms with Gasteiger partial charge in [-0.25, -0.2) is 0 Å². The third kappa shape index (κ3) is 1.75. The number of nitrogens with one attached hydrogen (secondary N) is 1. The van der Waals surface area contributed by atoms with Crippen molar-refractivity contribution in [2.75, 3.05) is 0 Å². The van der Waals surface area contributed by atoms with E-state index in [1.807, 2.05) is 0 Å². The fourth-order valence-electron chi connectivity index (χ4n) is 1.59. The minimum atomic E-state index is -0.515. The topological polar surface area (TPSA) is 96.2 Å². The molecule has 2 rings (SSSR count). The molecule has 82 valence electrons. The lowest BCUT2D eigenvalue weighted by Gasteiger charge is -2.05. The molecule has 1 heterocycles. The summed E-state index contributed by atoms with van der Waals surface area (Å²) in [4.78, 5) is 24.4. The molecule has 1 aromatic carbocycles. The van der Waals surface area contributed by atoms with Crippen LogP contribution in [0, 0.1) is 0 Å². The van der Waals surface area contributed by atoms with Crippen LogP contribution in [-0.2, 0) is 11.2 Å². The fraction of sp³-hybridized carbons (Fsp3) is 0.0909. The fourth-order valence-corrected chi connectivity index (χ4v) is 1.59. The second-order valence-electron chi connectivity index (χ2n) is 3.50. The van der Waals surface area contributed by atoms with Gasteiger partial charge in [0.2, 0.25) is 11.5 Å². The molecule has 0 unspecified atom stereocenters. The summed E-state index contributed by atoms with van der Waals surface area (Å²) in [6.45, 7) is 0. The average Bonchev–Trinajstić information content (AvgIpc) is 2.22. The first-order chi connectivity index (χ1) is 7.58. The number of aromatic amines is 1. The maximum absolute atomic E-state index is 11.0. The van der Waals surface area contributed by atoms with Crippen LogP contribution in [-0.4, -0.2) is 16.0 Å². The standard InChI is InChI=1S/C11H10N2O3/c12-9(14)5-6-1-3-8-7(11(6)16)2-4-10(15)13-8/h1-4,16H,5H2,(H2,12,14)(H,13,15). The summed E-state index contributed by atoms with van der Waals surface area (Å²) in [5, 5.41) is 10.4. The Kier molecular flexibility index (Phi) is 2.36. The lowest BCUT2D eigenvalue weighted by atomic mass is 10.1. The molecular formula is C11H10N2O3. The van der Waals surface area contributed by atoms with Crippen LogP contribution < -0.4 is 11.3 Å². The number of aromatic nitrogens is 1. The van der Waals surface area contributed by atoms with E-state index in [9.17, 15) is 14.7 Å². The molecule has 0 aliphatic rings. The van der Waals surface area contributed by atoms with Gasteiger partial charge in [0.25, 0.3) is 0 Å². The summed E-state index contributed by atoms with van der Waals surface area (Å²) in [7, 11) is 0. The van der Waals surface area contributed by atoms with Crippen LogP contribution in [0.3, 0.4) is 0 Å². The third-order valence-corrected chi connectivity index (χ3v) is 2.32. The molecule has 5 nitrogen and oxygen atoms in total. The van der Waals surface area contributed by atoms with Crippen LogP contribution in [0.15, 0.2) is 29.1 Å². The van der Waals surface area contributed by atoms with E-state index in [2.05, 4.69) is 4.98 Å². The Morgan fingerprint density at radius 1 is 1.31 bits per heavy atom. The summed E-state index contributed by atoms with van der Waals surface area (Å²) in [6.07, 6.45) is -0.0269. The van der Waals surface area contributed by atoms with Crippen molar-refractivity contribution in [3.8, 4) is 5.75 Å². The van der Waals surface area contributed by atoms with Gasteiger partial charge in [-0.3, -0.25) is 9.59 Å². The minimum absolute atomic E-state index is 0.0208. The van der Waals surface area contributed by atoms with Gasteiger partial charge in [0.1, 0.15) is 5.75 Å². The summed E-state index contributed by atoms with van der Waals surface area (Å²) in [5.41, 5.74) is 5.79. The van der Waals surface area contributed by atoms with Gasteiger partial charge in [-0.15, -0.1) is 0 Å². The number of hydrogen-bond acceptors (Lipinski definition) is 3. The molecule has 1 amide bonds. The Morgan fingerprint density at radius 3 is 2.75 bits per heavy atom. The smallest absolute Gasteiger partial charge is 0.248 e. The van der Waals surface area contributed by atoms with E-state index < -0.39 is 5.91 Å². The van der Waals surface area contributed by atoms with Gasteiger partial charge < -0.3 is 15.8 Å². The highest BCUT2D eigenvalue weighted by Crippen LogP contribution is 2.26. The molecule has 0 radical (unpaired) electrons. The highest BCUT2D eigenvalue weighted by Gasteiger charge is 2.08. The number of primary amides is 1. The quantitative estimate of drug-likeness (QED) is 0.674. The number of H-pyrrole nitrogens is 1. The van der Waals surface area contributed by atoms with Crippen LogP contribution in [0.2, 0.25) is 0 Å². The van der Waals surface area contributed by atoms with Crippen molar-refractivity contribution in [2.45, 2.75) is 6.42 Å². The zero-order valence-electron chi connectivity index (χ0n) is 8.36. The number of benzene rings is 1. The first-order valence-electron chi connectivity index (χ1n) is 4.70. The van der Waals surface area contributed by atoms with Crippen LogP contribution >= 0.6 is 0 Å². The number of nitrogens with two attached hydrogens (primary N) is 1. The number of carbonyl (C=O) groups excluding carboxylic acids is 1. The van der Waals surface area contributed by atoms with Gasteiger partial charge >= 0.3 is 0 Å². The lowest BCUT2D eigenvalue weighted by molar-refractivity contribution is -0.117. The molecule has 0 spiro atoms. The highest BCUT2D eigenvalue weighted by molar-refractivity contribution is 5.88. The SMILES string of the molecule is NC(=O)Cc1ccc2[nH]c(=O)ccc2c1O. The highest BCUT2D eigenvalue weighted by atomic mass is 16.3. The van der Waals surface area contributed by atoms with Crippen molar-refractivity contribution < 1.29 is 9.90 Å². The molecule has 2 aromatic rings. The molecule has 0 saturated heterocycles. The molecule has 16 heavy (non-hydrogen) atoms. The van der Waals surface area contributed by atoms with Crippen molar-refractivity contribution in [3.63, 3.8) is 0 Å². The monoisotopic (exact) mass is 218 g/mol. The number of phenols is 1. The molecule has 0 bridgehead atoms. The van der Waals surface area contributed by atoms with Crippen molar-refractivity contribution >= 4 is 16.8 Å². The van der Waals surface area contributed by atoms with E-state index in [0.29, 0.717) is 16.5 Å². The zero-order chi connectivity index (χ0) is 11.7. The molecule has 0 aliphatic heterocycles. The van der Waals surface area contributed by atoms with Crippen LogP contribution in [0.1, 0.15) is 5.56 Å². The van der Waals surface area contributed by atoms with Gasteiger partial charge in [-0.2, -0.15) is 0 Å². The Bertz CT molecular complexity index is 616. The predicted molar refractivity (Wildman–Crippen MR) is 59.1 cm³/mol. The second kappa shape index (κ2) is 3.69. The first-order valence-corrected chi connectivity index (χ1v) is 4.70. The van der Waals surface area contributed by atoms with E-state index in [-0.39, 0.29) is 17.7 Å². The maximum atomic E-state index is 11.0. The molecule has 0 saturated carbocycles. The molecule has 0 atom stereocenters. The van der Waals surface area contributed by atoms with Crippen molar-refractivity contribution in [1.29, 1.82) is 0 Å². The van der Waals surface area contributed by atoms with Crippen LogP contribution in [0.25, 0.3) is 10.9 Å². The van der Waals surface area contributed by atoms with E-state index in [4.69, 9.17) is 5.73 Å². The number of carbonyl (C=O) groups is 1. The molecule has 4 N–H and O–H groups in total. The Balaban J connectivity index is 2.65. The lowest BCUT2D eigenvalue weighted by Crippen LogP contribution is -2.13. The molecule has 0 fully saturated rings. The number of pyridine rings is 1. The van der Waals surface area contributed by atoms with Gasteiger partial charge in [-0.1, -0.05) is 6.07 Å². The number of rotatable bonds is 2. The van der Waals surface area contributed by atoms with Crippen LogP contribution in [0.4, 0.5) is 0 Å². The van der Waals surface area contributed by atoms with Crippen LogP contribution in [0.5, 0.6) is 5.75 Å². The van der Waals surface area contributed by atoms with Gasteiger partial charge in [0.15, 0.2) is 0 Å². The Morgan fingerprint density at radius 2 is 2.06 bits per heavy atom. The van der Waals surface area contributed by atoms with Crippen molar-refractivity contribution in [2.24, 2.45) is 5.73 Å². The summed E-state index contributed by atoms with van der Waals surface area (Å²) >= 11 is 0. The number of hydrogen-bond donors (Lipinski definition) is 3. The number of aromatic hydroxyl groups is 1. The summed E-state index contributed by atoms with van der Waals surface area (Å²) < 4.78 is 0. The van der Waals surface area contributed by atoms with Crippen molar-refractivity contribution in [1.82, 2.24) is 4.98 Å². The van der Waals surface area contributed by atoms with Gasteiger partial charge in [-0.05, 0) is 12.1 Å². The molecule has 5 heteroatoms. The minimum Gasteiger partial charge on any atom is -0.507 e. The molecule has 1 aromatic heterocycles. The summed E-state index contributed by atoms with van der Waals surface area (Å²) in [6, 6.07) is 6.02. The first kappa shape index (κ1) is 10.2. The number of phenolic OH excluding ortho intramolecular Hbond substituents is 1. The van der Waals surface area contributed by atoms with Gasteiger partial charge in [0.05, 0.1) is 11.9 Å². The normalized spacial score (nSPS) is 10.5. The molecule has 0 aliphatic carbocycles.